The number of rotatable bonds is 5. The molecule has 0 fully saturated rings. The average molecular weight is 213 g/mol. The van der Waals surface area contributed by atoms with E-state index in [1.54, 1.807) is 0 Å². The van der Waals surface area contributed by atoms with Crippen LogP contribution < -0.4 is 5.32 Å². The molecule has 0 atom stereocenters. The Hall–Kier alpha value is -1.29. The number of hydrogen-bond donors (Lipinski definition) is 1. The molecule has 0 radical (unpaired) electrons. The predicted molar refractivity (Wildman–Crippen MR) is 53.6 cm³/mol. The Balaban J connectivity index is 2.40. The van der Waals surface area contributed by atoms with Crippen LogP contribution in [0.25, 0.3) is 0 Å². The van der Waals surface area contributed by atoms with Gasteiger partial charge in [-0.05, 0) is 31.5 Å². The normalized spacial score (nSPS) is 10.3. The summed E-state index contributed by atoms with van der Waals surface area (Å²) < 4.78 is 25.6. The lowest BCUT2D eigenvalue weighted by Crippen LogP contribution is -2.23. The van der Waals surface area contributed by atoms with Crippen molar-refractivity contribution in [2.45, 2.75) is 13.3 Å². The summed E-state index contributed by atoms with van der Waals surface area (Å²) in [6, 6.07) is 3.50. The standard InChI is InChI=1S/C11H13F2NO/c1-8(15)7-14-5-4-9-2-3-10(12)6-11(9)13/h2-3,6,14H,4-5,7H2,1H3. The molecule has 0 amide bonds. The lowest BCUT2D eigenvalue weighted by Gasteiger charge is -2.04. The molecule has 2 nitrogen and oxygen atoms in total. The van der Waals surface area contributed by atoms with Gasteiger partial charge < -0.3 is 5.32 Å². The molecule has 82 valence electrons. The number of hydrogen-bond acceptors (Lipinski definition) is 2. The minimum Gasteiger partial charge on any atom is -0.310 e. The van der Waals surface area contributed by atoms with Crippen LogP contribution >= 0.6 is 0 Å². The fraction of sp³-hybridized carbons (Fsp3) is 0.364. The molecule has 0 unspecified atom stereocenters. The van der Waals surface area contributed by atoms with Crippen LogP contribution in [0.15, 0.2) is 18.2 Å². The molecule has 0 saturated carbocycles. The summed E-state index contributed by atoms with van der Waals surface area (Å²) in [7, 11) is 0. The first kappa shape index (κ1) is 11.8. The Labute approximate surface area is 87.3 Å². The van der Waals surface area contributed by atoms with Gasteiger partial charge in [-0.15, -0.1) is 0 Å². The smallest absolute Gasteiger partial charge is 0.143 e. The van der Waals surface area contributed by atoms with E-state index < -0.39 is 11.6 Å². The maximum absolute atomic E-state index is 13.1. The topological polar surface area (TPSA) is 29.1 Å². The molecule has 1 N–H and O–H groups in total. The number of carbonyl (C=O) groups is 1. The van der Waals surface area contributed by atoms with Gasteiger partial charge in [-0.3, -0.25) is 4.79 Å². The van der Waals surface area contributed by atoms with Gasteiger partial charge in [-0.1, -0.05) is 6.07 Å². The molecular weight excluding hydrogens is 200 g/mol. The quantitative estimate of drug-likeness (QED) is 0.754. The Morgan fingerprint density at radius 2 is 2.13 bits per heavy atom. The zero-order valence-electron chi connectivity index (χ0n) is 8.52. The van der Waals surface area contributed by atoms with Gasteiger partial charge in [0.1, 0.15) is 17.4 Å². The molecule has 0 aliphatic carbocycles. The maximum atomic E-state index is 13.1. The molecule has 15 heavy (non-hydrogen) atoms. The minimum absolute atomic E-state index is 0.0366. The Kier molecular flexibility index (Phi) is 4.37. The van der Waals surface area contributed by atoms with E-state index in [2.05, 4.69) is 5.32 Å². The van der Waals surface area contributed by atoms with Crippen LogP contribution in [0.3, 0.4) is 0 Å². The first-order valence-corrected chi connectivity index (χ1v) is 4.73. The molecule has 0 saturated heterocycles. The number of halogens is 2. The molecule has 1 aromatic rings. The van der Waals surface area contributed by atoms with Crippen LogP contribution in [-0.2, 0) is 11.2 Å². The second-order valence-electron chi connectivity index (χ2n) is 3.36. The molecular formula is C11H13F2NO. The van der Waals surface area contributed by atoms with Gasteiger partial charge in [0.15, 0.2) is 0 Å². The van der Waals surface area contributed by atoms with E-state index in [-0.39, 0.29) is 12.3 Å². The van der Waals surface area contributed by atoms with Crippen molar-refractivity contribution in [3.05, 3.63) is 35.4 Å². The van der Waals surface area contributed by atoms with E-state index in [4.69, 9.17) is 0 Å². The highest BCUT2D eigenvalue weighted by atomic mass is 19.1. The molecule has 0 bridgehead atoms. The molecule has 0 aliphatic heterocycles. The van der Waals surface area contributed by atoms with Gasteiger partial charge in [0.05, 0.1) is 6.54 Å². The van der Waals surface area contributed by atoms with E-state index in [1.165, 1.54) is 19.1 Å². The summed E-state index contributed by atoms with van der Waals surface area (Å²) in [5.41, 5.74) is 0.451. The first-order chi connectivity index (χ1) is 7.09. The van der Waals surface area contributed by atoms with Crippen LogP contribution in [0.1, 0.15) is 12.5 Å². The number of benzene rings is 1. The second kappa shape index (κ2) is 5.56. The van der Waals surface area contributed by atoms with E-state index in [0.29, 0.717) is 18.5 Å². The third kappa shape index (κ3) is 4.16. The first-order valence-electron chi connectivity index (χ1n) is 4.73. The maximum Gasteiger partial charge on any atom is 0.143 e. The minimum atomic E-state index is -0.576. The highest BCUT2D eigenvalue weighted by Gasteiger charge is 2.03. The SMILES string of the molecule is CC(=O)CNCCc1ccc(F)cc1F. The van der Waals surface area contributed by atoms with Gasteiger partial charge in [0.2, 0.25) is 0 Å². The van der Waals surface area contributed by atoms with Crippen molar-refractivity contribution in [2.75, 3.05) is 13.1 Å². The van der Waals surface area contributed by atoms with Gasteiger partial charge in [0.25, 0.3) is 0 Å². The Morgan fingerprint density at radius 1 is 1.40 bits per heavy atom. The summed E-state index contributed by atoms with van der Waals surface area (Å²) in [4.78, 5) is 10.6. The summed E-state index contributed by atoms with van der Waals surface area (Å²) in [6.45, 7) is 2.26. The lowest BCUT2D eigenvalue weighted by atomic mass is 10.1. The van der Waals surface area contributed by atoms with E-state index >= 15 is 0 Å². The van der Waals surface area contributed by atoms with Crippen molar-refractivity contribution in [3.63, 3.8) is 0 Å². The summed E-state index contributed by atoms with van der Waals surface area (Å²) in [5.74, 6) is -1.08. The number of ketones is 1. The van der Waals surface area contributed by atoms with Crippen molar-refractivity contribution in [2.24, 2.45) is 0 Å². The highest BCUT2D eigenvalue weighted by molar-refractivity contribution is 5.77. The molecule has 0 aromatic heterocycles. The molecule has 4 heteroatoms. The van der Waals surface area contributed by atoms with Gasteiger partial charge in [-0.25, -0.2) is 8.78 Å². The lowest BCUT2D eigenvalue weighted by molar-refractivity contribution is -0.116. The third-order valence-electron chi connectivity index (χ3n) is 1.96. The fourth-order valence-electron chi connectivity index (χ4n) is 1.21. The summed E-state index contributed by atoms with van der Waals surface area (Å²) in [5, 5.41) is 2.87. The van der Waals surface area contributed by atoms with Crippen LogP contribution in [0.5, 0.6) is 0 Å². The van der Waals surface area contributed by atoms with Crippen molar-refractivity contribution >= 4 is 5.78 Å². The van der Waals surface area contributed by atoms with Crippen LogP contribution in [0.4, 0.5) is 8.78 Å². The second-order valence-corrected chi connectivity index (χ2v) is 3.36. The number of nitrogens with one attached hydrogen (secondary N) is 1. The molecule has 0 heterocycles. The van der Waals surface area contributed by atoms with Gasteiger partial charge >= 0.3 is 0 Å². The van der Waals surface area contributed by atoms with Crippen molar-refractivity contribution in [1.29, 1.82) is 0 Å². The average Bonchev–Trinajstić information content (AvgIpc) is 2.14. The van der Waals surface area contributed by atoms with Crippen molar-refractivity contribution < 1.29 is 13.6 Å². The fourth-order valence-corrected chi connectivity index (χ4v) is 1.21. The van der Waals surface area contributed by atoms with E-state index in [1.807, 2.05) is 0 Å². The van der Waals surface area contributed by atoms with Crippen LogP contribution in [0.2, 0.25) is 0 Å². The largest absolute Gasteiger partial charge is 0.310 e. The molecule has 1 rings (SSSR count). The van der Waals surface area contributed by atoms with E-state index in [0.717, 1.165) is 6.07 Å². The molecule has 0 aliphatic rings. The highest BCUT2D eigenvalue weighted by Crippen LogP contribution is 2.09. The van der Waals surface area contributed by atoms with Gasteiger partial charge in [0, 0.05) is 6.07 Å². The summed E-state index contributed by atoms with van der Waals surface area (Å²) >= 11 is 0. The molecule has 1 aromatic carbocycles. The zero-order valence-corrected chi connectivity index (χ0v) is 8.52. The van der Waals surface area contributed by atoms with E-state index in [9.17, 15) is 13.6 Å². The van der Waals surface area contributed by atoms with Crippen LogP contribution in [0, 0.1) is 11.6 Å². The van der Waals surface area contributed by atoms with Crippen molar-refractivity contribution in [3.8, 4) is 0 Å². The predicted octanol–water partition coefficient (Wildman–Crippen LogP) is 1.69. The zero-order chi connectivity index (χ0) is 11.3. The van der Waals surface area contributed by atoms with Crippen LogP contribution in [-0.4, -0.2) is 18.9 Å². The van der Waals surface area contributed by atoms with Gasteiger partial charge in [-0.2, -0.15) is 0 Å². The monoisotopic (exact) mass is 213 g/mol. The number of Topliss-reactive ketones (excluding diaryl/α,β-unsaturated/α-hetero) is 1. The van der Waals surface area contributed by atoms with Crippen molar-refractivity contribution in [1.82, 2.24) is 5.32 Å². The molecule has 0 spiro atoms. The third-order valence-corrected chi connectivity index (χ3v) is 1.96. The number of carbonyl (C=O) groups excluding carboxylic acids is 1. The Bertz CT molecular complexity index is 352. The Morgan fingerprint density at radius 3 is 2.73 bits per heavy atom. The summed E-state index contributed by atoms with van der Waals surface area (Å²) in [6.07, 6.45) is 0.444.